The first-order valence-corrected chi connectivity index (χ1v) is 8.31. The Morgan fingerprint density at radius 3 is 2.14 bits per heavy atom. The molecular formula is C14H21NO5Si. The quantitative estimate of drug-likeness (QED) is 0.542. The van der Waals surface area contributed by atoms with Gasteiger partial charge in [-0.2, -0.15) is 0 Å². The molecule has 1 aromatic rings. The molecule has 7 heteroatoms. The Balaban J connectivity index is 3.26. The van der Waals surface area contributed by atoms with E-state index in [-0.39, 0.29) is 5.54 Å². The van der Waals surface area contributed by atoms with Crippen LogP contribution >= 0.6 is 0 Å². The summed E-state index contributed by atoms with van der Waals surface area (Å²) in [7, 11) is 3.47. The van der Waals surface area contributed by atoms with E-state index in [4.69, 9.17) is 28.0 Å². The summed E-state index contributed by atoms with van der Waals surface area (Å²) in [6.07, 6.45) is 2.42. The van der Waals surface area contributed by atoms with Gasteiger partial charge in [0.15, 0.2) is 11.5 Å². The summed E-state index contributed by atoms with van der Waals surface area (Å²) >= 11 is 0. The van der Waals surface area contributed by atoms with Crippen LogP contribution in [0, 0.1) is 11.5 Å². The second-order valence-corrected chi connectivity index (χ2v) is 7.41. The molecule has 0 radical (unpaired) electrons. The maximum atomic E-state index is 8.63. The Hall–Kier alpha value is -1.59. The van der Waals surface area contributed by atoms with Crippen LogP contribution in [0.5, 0.6) is 11.5 Å². The number of benzene rings is 1. The maximum Gasteiger partial charge on any atom is 0.508 e. The topological polar surface area (TPSA) is 69.9 Å². The fourth-order valence-corrected chi connectivity index (χ4v) is 4.84. The van der Waals surface area contributed by atoms with Crippen LogP contribution in [0.4, 0.5) is 0 Å². The second-order valence-electron chi connectivity index (χ2n) is 4.28. The van der Waals surface area contributed by atoms with E-state index in [9.17, 15) is 0 Å². The summed E-state index contributed by atoms with van der Waals surface area (Å²) in [5.41, 5.74) is 0.916. The summed E-state index contributed by atoms with van der Waals surface area (Å²) in [5.74, 6) is 0.858. The Labute approximate surface area is 126 Å². The third-order valence-electron chi connectivity index (χ3n) is 3.43. The Morgan fingerprint density at radius 2 is 1.71 bits per heavy atom. The molecule has 0 aromatic heterocycles. The van der Waals surface area contributed by atoms with Crippen LogP contribution in [-0.4, -0.2) is 37.2 Å². The number of methoxy groups -OCH3 is 1. The Morgan fingerprint density at radius 1 is 1.10 bits per heavy atom. The number of rotatable bonds is 8. The minimum atomic E-state index is -2.82. The highest BCUT2D eigenvalue weighted by molar-refractivity contribution is 6.62. The van der Waals surface area contributed by atoms with Crippen molar-refractivity contribution in [2.24, 2.45) is 0 Å². The van der Waals surface area contributed by atoms with Crippen molar-refractivity contribution in [1.82, 2.24) is 0 Å². The van der Waals surface area contributed by atoms with Crippen molar-refractivity contribution in [3.05, 3.63) is 23.8 Å². The third kappa shape index (κ3) is 3.54. The predicted octanol–water partition coefficient (Wildman–Crippen LogP) is 2.47. The van der Waals surface area contributed by atoms with Crippen molar-refractivity contribution in [3.63, 3.8) is 0 Å². The zero-order chi connectivity index (χ0) is 15.9. The van der Waals surface area contributed by atoms with Gasteiger partial charge >= 0.3 is 8.80 Å². The Bertz CT molecular complexity index is 490. The van der Waals surface area contributed by atoms with Crippen molar-refractivity contribution in [3.8, 4) is 17.8 Å². The lowest BCUT2D eigenvalue weighted by Crippen LogP contribution is -2.49. The van der Waals surface area contributed by atoms with Gasteiger partial charge in [0.2, 0.25) is 0 Å². The van der Waals surface area contributed by atoms with Crippen LogP contribution in [-0.2, 0) is 13.3 Å². The molecule has 1 rings (SSSR count). The monoisotopic (exact) mass is 311 g/mol. The van der Waals surface area contributed by atoms with E-state index in [2.05, 4.69) is 0 Å². The molecule has 0 bridgehead atoms. The molecule has 0 aliphatic rings. The highest BCUT2D eigenvalue weighted by atomic mass is 28.4. The standard InChI is InChI=1S/C14H21NO5Si/c1-6-14(21(17-3,18-4)19-5)11-7-8-12(20-10-15)13(9-11)16-2/h7-9,14H,6H2,1-5H3. The van der Waals surface area contributed by atoms with Crippen molar-refractivity contribution in [1.29, 1.82) is 5.26 Å². The summed E-state index contributed by atoms with van der Waals surface area (Å²) < 4.78 is 26.8. The number of hydrogen-bond donors (Lipinski definition) is 0. The first kappa shape index (κ1) is 17.5. The number of nitrogens with zero attached hydrogens (tertiary/aromatic N) is 1. The van der Waals surface area contributed by atoms with Gasteiger partial charge < -0.3 is 22.8 Å². The maximum absolute atomic E-state index is 8.63. The van der Waals surface area contributed by atoms with Crippen LogP contribution in [0.15, 0.2) is 18.2 Å². The van der Waals surface area contributed by atoms with Gasteiger partial charge in [-0.3, -0.25) is 0 Å². The molecule has 0 heterocycles. The van der Waals surface area contributed by atoms with E-state index >= 15 is 0 Å². The van der Waals surface area contributed by atoms with Crippen molar-refractivity contribution in [2.45, 2.75) is 18.9 Å². The van der Waals surface area contributed by atoms with Crippen LogP contribution < -0.4 is 9.47 Å². The van der Waals surface area contributed by atoms with Gasteiger partial charge in [-0.25, -0.2) is 0 Å². The second kappa shape index (κ2) is 8.00. The van der Waals surface area contributed by atoms with Crippen LogP contribution in [0.1, 0.15) is 24.4 Å². The average molecular weight is 311 g/mol. The molecule has 1 aromatic carbocycles. The highest BCUT2D eigenvalue weighted by Gasteiger charge is 2.47. The van der Waals surface area contributed by atoms with Crippen molar-refractivity contribution >= 4 is 8.80 Å². The minimum Gasteiger partial charge on any atom is -0.493 e. The van der Waals surface area contributed by atoms with Gasteiger partial charge in [-0.15, -0.1) is 5.26 Å². The summed E-state index contributed by atoms with van der Waals surface area (Å²) in [6, 6.07) is 5.38. The van der Waals surface area contributed by atoms with E-state index in [0.717, 1.165) is 12.0 Å². The lowest BCUT2D eigenvalue weighted by molar-refractivity contribution is 0.111. The van der Waals surface area contributed by atoms with Crippen LogP contribution in [0.25, 0.3) is 0 Å². The average Bonchev–Trinajstić information content (AvgIpc) is 2.53. The molecule has 0 saturated carbocycles. The minimum absolute atomic E-state index is 0.0393. The van der Waals surface area contributed by atoms with E-state index in [1.54, 1.807) is 33.7 Å². The summed E-state index contributed by atoms with van der Waals surface area (Å²) in [5, 5.41) is 8.63. The Kier molecular flexibility index (Phi) is 6.65. The molecule has 0 fully saturated rings. The lowest BCUT2D eigenvalue weighted by Gasteiger charge is -2.32. The normalized spacial score (nSPS) is 12.6. The van der Waals surface area contributed by atoms with Crippen LogP contribution in [0.3, 0.4) is 0 Å². The molecule has 0 amide bonds. The number of ether oxygens (including phenoxy) is 2. The molecule has 1 atom stereocenters. The van der Waals surface area contributed by atoms with E-state index < -0.39 is 8.80 Å². The smallest absolute Gasteiger partial charge is 0.493 e. The van der Waals surface area contributed by atoms with E-state index in [0.29, 0.717) is 11.5 Å². The molecule has 0 aliphatic carbocycles. The lowest BCUT2D eigenvalue weighted by atomic mass is 10.1. The van der Waals surface area contributed by atoms with Gasteiger partial charge in [0, 0.05) is 21.3 Å². The summed E-state index contributed by atoms with van der Waals surface area (Å²) in [6.45, 7) is 2.04. The molecule has 0 spiro atoms. The molecule has 1 unspecified atom stereocenters. The van der Waals surface area contributed by atoms with Gasteiger partial charge in [0.1, 0.15) is 0 Å². The zero-order valence-electron chi connectivity index (χ0n) is 13.0. The SMILES string of the molecule is CCC(c1ccc(OC#N)c(OC)c1)[Si](OC)(OC)OC. The van der Waals surface area contributed by atoms with Crippen molar-refractivity contribution in [2.75, 3.05) is 28.4 Å². The molecule has 116 valence electrons. The number of hydrogen-bond acceptors (Lipinski definition) is 6. The number of nitriles is 1. The van der Waals surface area contributed by atoms with Gasteiger partial charge in [-0.05, 0) is 24.1 Å². The van der Waals surface area contributed by atoms with Gasteiger partial charge in [-0.1, -0.05) is 13.0 Å². The highest BCUT2D eigenvalue weighted by Crippen LogP contribution is 2.36. The van der Waals surface area contributed by atoms with E-state index in [1.165, 1.54) is 7.11 Å². The molecule has 0 saturated heterocycles. The molecule has 0 aliphatic heterocycles. The van der Waals surface area contributed by atoms with Gasteiger partial charge in [0.05, 0.1) is 12.7 Å². The third-order valence-corrected chi connectivity index (χ3v) is 6.74. The largest absolute Gasteiger partial charge is 0.508 e. The van der Waals surface area contributed by atoms with Crippen molar-refractivity contribution < 1.29 is 22.8 Å². The first-order valence-electron chi connectivity index (χ1n) is 6.51. The first-order chi connectivity index (χ1) is 10.1. The molecule has 0 N–H and O–H groups in total. The fourth-order valence-electron chi connectivity index (χ4n) is 2.40. The summed E-state index contributed by atoms with van der Waals surface area (Å²) in [4.78, 5) is 0. The zero-order valence-corrected chi connectivity index (χ0v) is 14.0. The molecular weight excluding hydrogens is 290 g/mol. The predicted molar refractivity (Wildman–Crippen MR) is 79.0 cm³/mol. The van der Waals surface area contributed by atoms with E-state index in [1.807, 2.05) is 19.1 Å². The van der Waals surface area contributed by atoms with Gasteiger partial charge in [0.25, 0.3) is 6.26 Å². The van der Waals surface area contributed by atoms with Crippen LogP contribution in [0.2, 0.25) is 0 Å². The molecule has 21 heavy (non-hydrogen) atoms. The molecule has 6 nitrogen and oxygen atoms in total. The fraction of sp³-hybridized carbons (Fsp3) is 0.500.